The molecule has 8 heavy (non-hydrogen) atoms. The Morgan fingerprint density at radius 3 is 2.00 bits per heavy atom. The lowest BCUT2D eigenvalue weighted by Gasteiger charge is -1.59. The maximum Gasteiger partial charge on any atom is 0.778 e. The van der Waals surface area contributed by atoms with Crippen LogP contribution in [0.3, 0.4) is 0 Å². The van der Waals surface area contributed by atoms with E-state index in [0.29, 0.717) is 0 Å². The molecule has 0 heterocycles. The molecule has 0 aliphatic heterocycles. The lowest BCUT2D eigenvalue weighted by Crippen LogP contribution is -1.67. The van der Waals surface area contributed by atoms with Crippen molar-refractivity contribution in [2.45, 2.75) is 0 Å². The Labute approximate surface area is 45.9 Å². The molecule has 2 unspecified atom stereocenters. The second kappa shape index (κ2) is 3.97. The summed E-state index contributed by atoms with van der Waals surface area (Å²) in [5.74, 6) is 0. The van der Waals surface area contributed by atoms with E-state index in [1.54, 1.807) is 0 Å². The van der Waals surface area contributed by atoms with Crippen molar-refractivity contribution in [1.82, 2.24) is 0 Å². The van der Waals surface area contributed by atoms with Crippen molar-refractivity contribution in [3.05, 3.63) is 0 Å². The SMILES string of the molecule is O=[P+](O)O[P+](=O)OO. The molecule has 0 aliphatic rings. The molecule has 2 N–H and O–H groups in total. The summed E-state index contributed by atoms with van der Waals surface area (Å²) in [4.78, 5) is 7.77. The van der Waals surface area contributed by atoms with Gasteiger partial charge in [0.05, 0.1) is 4.67 Å². The van der Waals surface area contributed by atoms with E-state index < -0.39 is 16.5 Å². The van der Waals surface area contributed by atoms with Crippen molar-refractivity contribution in [3.63, 3.8) is 0 Å². The van der Waals surface area contributed by atoms with Crippen molar-refractivity contribution in [3.8, 4) is 0 Å². The molecule has 0 aromatic heterocycles. The van der Waals surface area contributed by atoms with Crippen molar-refractivity contribution in [1.29, 1.82) is 0 Å². The summed E-state index contributed by atoms with van der Waals surface area (Å²) in [7, 11) is -5.81. The van der Waals surface area contributed by atoms with Crippen LogP contribution in [0.25, 0.3) is 0 Å². The first kappa shape index (κ1) is 8.04. The van der Waals surface area contributed by atoms with Gasteiger partial charge in [-0.3, -0.25) is 0 Å². The van der Waals surface area contributed by atoms with Crippen molar-refractivity contribution in [2.75, 3.05) is 0 Å². The van der Waals surface area contributed by atoms with Gasteiger partial charge in [-0.15, -0.1) is 4.89 Å². The number of hydrogen-bond acceptors (Lipinski definition) is 5. The van der Waals surface area contributed by atoms with E-state index in [9.17, 15) is 9.13 Å². The van der Waals surface area contributed by atoms with Gasteiger partial charge < -0.3 is 0 Å². The third-order valence-electron chi connectivity index (χ3n) is 0.203. The minimum Gasteiger partial charge on any atom is -0.202 e. The van der Waals surface area contributed by atoms with Gasteiger partial charge in [0.25, 0.3) is 0 Å². The smallest absolute Gasteiger partial charge is 0.202 e. The van der Waals surface area contributed by atoms with Gasteiger partial charge in [-0.1, -0.05) is 0 Å². The molecule has 2 atom stereocenters. The van der Waals surface area contributed by atoms with Crippen LogP contribution in [0.2, 0.25) is 0 Å². The average Bonchev–Trinajstić information content (AvgIpc) is 1.65. The fourth-order valence-corrected chi connectivity index (χ4v) is 0.647. The van der Waals surface area contributed by atoms with Crippen LogP contribution in [0.15, 0.2) is 0 Å². The summed E-state index contributed by atoms with van der Waals surface area (Å²) in [6.45, 7) is 0. The van der Waals surface area contributed by atoms with E-state index in [-0.39, 0.29) is 0 Å². The first-order valence-corrected chi connectivity index (χ1v) is 3.52. The van der Waals surface area contributed by atoms with Crippen LogP contribution >= 0.6 is 16.5 Å². The van der Waals surface area contributed by atoms with Crippen molar-refractivity contribution < 1.29 is 28.3 Å². The Morgan fingerprint density at radius 1 is 1.38 bits per heavy atom. The third-order valence-corrected chi connectivity index (χ3v) is 1.43. The molecule has 0 spiro atoms. The van der Waals surface area contributed by atoms with Gasteiger partial charge >= 0.3 is 16.5 Å². The lowest BCUT2D eigenvalue weighted by molar-refractivity contribution is -0.137. The molecule has 0 rings (SSSR count). The zero-order chi connectivity index (χ0) is 6.57. The monoisotopic (exact) mass is 160 g/mol. The zero-order valence-electron chi connectivity index (χ0n) is 3.42. The van der Waals surface area contributed by atoms with Gasteiger partial charge in [0.2, 0.25) is 0 Å². The summed E-state index contributed by atoms with van der Waals surface area (Å²) in [6, 6.07) is 0. The van der Waals surface area contributed by atoms with E-state index in [1.807, 2.05) is 0 Å². The molecule has 0 aliphatic carbocycles. The molecule has 0 radical (unpaired) electrons. The van der Waals surface area contributed by atoms with E-state index in [0.717, 1.165) is 0 Å². The Bertz CT molecular complexity index is 105. The molecular formula is H2O6P2+2. The largest absolute Gasteiger partial charge is 0.778 e. The quantitative estimate of drug-likeness (QED) is 0.360. The Morgan fingerprint density at radius 2 is 1.88 bits per heavy atom. The van der Waals surface area contributed by atoms with Gasteiger partial charge in [-0.05, 0) is 0 Å². The Balaban J connectivity index is 3.40. The topological polar surface area (TPSA) is 93.1 Å². The average molecular weight is 160 g/mol. The maximum absolute atomic E-state index is 9.73. The maximum atomic E-state index is 9.73. The third kappa shape index (κ3) is 4.21. The molecule has 0 amide bonds. The molecule has 0 aromatic carbocycles. The molecule has 0 aromatic rings. The highest BCUT2D eigenvalue weighted by molar-refractivity contribution is 7.46. The predicted molar refractivity (Wildman–Crippen MR) is 22.2 cm³/mol. The summed E-state index contributed by atoms with van der Waals surface area (Å²) in [5.41, 5.74) is 0. The first-order chi connectivity index (χ1) is 3.66. The van der Waals surface area contributed by atoms with Crippen LogP contribution in [0, 0.1) is 0 Å². The Kier molecular flexibility index (Phi) is 3.99. The second-order valence-electron chi connectivity index (χ2n) is 0.625. The first-order valence-electron chi connectivity index (χ1n) is 1.30. The number of hydrogen-bond donors (Lipinski definition) is 2. The molecule has 0 bridgehead atoms. The zero-order valence-corrected chi connectivity index (χ0v) is 5.21. The Hall–Kier alpha value is 0.0400. The van der Waals surface area contributed by atoms with Crippen molar-refractivity contribution in [2.24, 2.45) is 0 Å². The van der Waals surface area contributed by atoms with Crippen LogP contribution in [-0.4, -0.2) is 10.2 Å². The second-order valence-corrected chi connectivity index (χ2v) is 2.36. The van der Waals surface area contributed by atoms with Gasteiger partial charge in [0.1, 0.15) is 0 Å². The van der Waals surface area contributed by atoms with Gasteiger partial charge in [-0.25, -0.2) is 5.26 Å². The standard InChI is InChI=1S/O6P2/c1-5-8(4)6-7(2)3/p+2. The van der Waals surface area contributed by atoms with Crippen LogP contribution in [0.5, 0.6) is 0 Å². The van der Waals surface area contributed by atoms with Gasteiger partial charge in [-0.2, -0.15) is 0 Å². The van der Waals surface area contributed by atoms with E-state index in [1.165, 1.54) is 0 Å². The fraction of sp³-hybridized carbons (Fsp3) is 0. The fourth-order valence-electron chi connectivity index (χ4n) is 0.0719. The highest BCUT2D eigenvalue weighted by Crippen LogP contribution is 2.34. The summed E-state index contributed by atoms with van der Waals surface area (Å²) in [6.07, 6.45) is 0. The van der Waals surface area contributed by atoms with Crippen LogP contribution in [0.4, 0.5) is 0 Å². The summed E-state index contributed by atoms with van der Waals surface area (Å²) < 4.78 is 25.8. The highest BCUT2D eigenvalue weighted by atomic mass is 31.2. The molecule has 46 valence electrons. The molecule has 0 saturated heterocycles. The molecular weight excluding hydrogens is 158 g/mol. The van der Waals surface area contributed by atoms with E-state index in [2.05, 4.69) is 8.99 Å². The van der Waals surface area contributed by atoms with Gasteiger partial charge in [0, 0.05) is 9.13 Å². The lowest BCUT2D eigenvalue weighted by atomic mass is 15.0. The van der Waals surface area contributed by atoms with Crippen LogP contribution in [0.1, 0.15) is 0 Å². The van der Waals surface area contributed by atoms with E-state index in [4.69, 9.17) is 10.2 Å². The van der Waals surface area contributed by atoms with Crippen molar-refractivity contribution >= 4 is 16.5 Å². The van der Waals surface area contributed by atoms with Crippen LogP contribution in [-0.2, 0) is 18.1 Å². The summed E-state index contributed by atoms with van der Waals surface area (Å²) in [5, 5.41) is 7.44. The highest BCUT2D eigenvalue weighted by Gasteiger charge is 2.36. The molecule has 6 nitrogen and oxygen atoms in total. The van der Waals surface area contributed by atoms with Gasteiger partial charge in [0.15, 0.2) is 4.31 Å². The predicted octanol–water partition coefficient (Wildman–Crippen LogP) is 0.800. The minimum absolute atomic E-state index is 2.85. The molecule has 0 fully saturated rings. The summed E-state index contributed by atoms with van der Waals surface area (Å²) >= 11 is 0. The number of rotatable bonds is 3. The van der Waals surface area contributed by atoms with E-state index >= 15 is 0 Å². The molecule has 0 saturated carbocycles. The molecule has 8 heteroatoms. The normalized spacial score (nSPS) is 13.2. The van der Waals surface area contributed by atoms with Crippen LogP contribution < -0.4 is 0 Å². The minimum atomic E-state index is -2.96.